The predicted octanol–water partition coefficient (Wildman–Crippen LogP) is 3.36. The Morgan fingerprint density at radius 3 is 2.58 bits per heavy atom. The van der Waals surface area contributed by atoms with Gasteiger partial charge >= 0.3 is 0 Å². The Hall–Kier alpha value is -1.39. The first-order valence-corrected chi connectivity index (χ1v) is 9.47. The van der Waals surface area contributed by atoms with E-state index in [1.165, 1.54) is 44.1 Å². The third-order valence-corrected chi connectivity index (χ3v) is 5.58. The number of piperidine rings is 1. The van der Waals surface area contributed by atoms with Gasteiger partial charge in [0.05, 0.1) is 6.04 Å². The molecule has 2 N–H and O–H groups in total. The number of benzene rings is 1. The van der Waals surface area contributed by atoms with Gasteiger partial charge in [-0.3, -0.25) is 4.79 Å². The predicted molar refractivity (Wildman–Crippen MR) is 99.4 cm³/mol. The zero-order valence-corrected chi connectivity index (χ0v) is 15.1. The van der Waals surface area contributed by atoms with Gasteiger partial charge in [0.1, 0.15) is 0 Å². The number of carbonyl (C=O) groups is 1. The SMILES string of the molecule is CC(NC1CCCC1)C(=O)Nc1cccc(C2CCN(C)CC2)c1. The van der Waals surface area contributed by atoms with Gasteiger partial charge in [-0.05, 0) is 76.4 Å². The van der Waals surface area contributed by atoms with Gasteiger partial charge in [0.25, 0.3) is 0 Å². The Balaban J connectivity index is 1.56. The van der Waals surface area contributed by atoms with E-state index >= 15 is 0 Å². The molecular formula is C20H31N3O. The van der Waals surface area contributed by atoms with Crippen molar-refractivity contribution in [3.63, 3.8) is 0 Å². The second kappa shape index (κ2) is 8.13. The smallest absolute Gasteiger partial charge is 0.241 e. The first-order chi connectivity index (χ1) is 11.6. The standard InChI is InChI=1S/C20H31N3O/c1-15(21-18-7-3-4-8-18)20(24)22-19-9-5-6-17(14-19)16-10-12-23(2)13-11-16/h5-6,9,14-16,18,21H,3-4,7-8,10-13H2,1-2H3,(H,22,24). The molecule has 4 heteroatoms. The number of hydrogen-bond donors (Lipinski definition) is 2. The first kappa shape index (κ1) is 17.4. The summed E-state index contributed by atoms with van der Waals surface area (Å²) in [5.41, 5.74) is 2.29. The van der Waals surface area contributed by atoms with Gasteiger partial charge in [-0.2, -0.15) is 0 Å². The molecule has 132 valence electrons. The van der Waals surface area contributed by atoms with Crippen LogP contribution in [-0.4, -0.2) is 43.0 Å². The lowest BCUT2D eigenvalue weighted by Crippen LogP contribution is -2.42. The Kier molecular flexibility index (Phi) is 5.90. The molecule has 1 aliphatic heterocycles. The molecular weight excluding hydrogens is 298 g/mol. The molecule has 1 atom stereocenters. The van der Waals surface area contributed by atoms with Crippen LogP contribution in [-0.2, 0) is 4.79 Å². The van der Waals surface area contributed by atoms with Crippen molar-refractivity contribution < 1.29 is 4.79 Å². The Labute approximate surface area is 146 Å². The molecule has 0 radical (unpaired) electrons. The van der Waals surface area contributed by atoms with Crippen LogP contribution < -0.4 is 10.6 Å². The maximum atomic E-state index is 12.5. The third kappa shape index (κ3) is 4.58. The molecule has 1 aliphatic carbocycles. The van der Waals surface area contributed by atoms with E-state index in [2.05, 4.69) is 40.8 Å². The van der Waals surface area contributed by atoms with Crippen molar-refractivity contribution in [1.29, 1.82) is 0 Å². The van der Waals surface area contributed by atoms with Crippen LogP contribution in [0.15, 0.2) is 24.3 Å². The topological polar surface area (TPSA) is 44.4 Å². The number of carbonyl (C=O) groups excluding carboxylic acids is 1. The van der Waals surface area contributed by atoms with E-state index in [1.807, 2.05) is 13.0 Å². The number of hydrogen-bond acceptors (Lipinski definition) is 3. The summed E-state index contributed by atoms with van der Waals surface area (Å²) in [6.45, 7) is 4.28. The highest BCUT2D eigenvalue weighted by molar-refractivity contribution is 5.94. The Morgan fingerprint density at radius 1 is 1.17 bits per heavy atom. The van der Waals surface area contributed by atoms with Crippen LogP contribution in [0.3, 0.4) is 0 Å². The molecule has 4 nitrogen and oxygen atoms in total. The summed E-state index contributed by atoms with van der Waals surface area (Å²) in [6.07, 6.45) is 7.36. The Morgan fingerprint density at radius 2 is 1.88 bits per heavy atom. The number of nitrogens with one attached hydrogen (secondary N) is 2. The van der Waals surface area contributed by atoms with Gasteiger partial charge < -0.3 is 15.5 Å². The average Bonchev–Trinajstić information content (AvgIpc) is 3.08. The second-order valence-corrected chi connectivity index (χ2v) is 7.56. The minimum atomic E-state index is -0.139. The van der Waals surface area contributed by atoms with E-state index in [0.717, 1.165) is 18.8 Å². The van der Waals surface area contributed by atoms with E-state index in [0.29, 0.717) is 12.0 Å². The number of rotatable bonds is 5. The quantitative estimate of drug-likeness (QED) is 0.871. The molecule has 2 fully saturated rings. The van der Waals surface area contributed by atoms with Crippen LogP contribution in [0.1, 0.15) is 56.9 Å². The van der Waals surface area contributed by atoms with Crippen LogP contribution in [0.4, 0.5) is 5.69 Å². The van der Waals surface area contributed by atoms with E-state index < -0.39 is 0 Å². The minimum Gasteiger partial charge on any atom is -0.325 e. The van der Waals surface area contributed by atoms with Crippen molar-refractivity contribution >= 4 is 11.6 Å². The average molecular weight is 329 g/mol. The number of anilines is 1. The largest absolute Gasteiger partial charge is 0.325 e. The molecule has 1 amide bonds. The highest BCUT2D eigenvalue weighted by atomic mass is 16.2. The summed E-state index contributed by atoms with van der Waals surface area (Å²) in [5, 5.41) is 6.56. The van der Waals surface area contributed by atoms with Gasteiger partial charge in [-0.25, -0.2) is 0 Å². The summed E-state index contributed by atoms with van der Waals surface area (Å²) >= 11 is 0. The second-order valence-electron chi connectivity index (χ2n) is 7.56. The summed E-state index contributed by atoms with van der Waals surface area (Å²) in [6, 6.07) is 8.80. The lowest BCUT2D eigenvalue weighted by molar-refractivity contribution is -0.117. The normalized spacial score (nSPS) is 21.8. The van der Waals surface area contributed by atoms with Crippen molar-refractivity contribution in [3.05, 3.63) is 29.8 Å². The van der Waals surface area contributed by atoms with Crippen LogP contribution in [0.2, 0.25) is 0 Å². The monoisotopic (exact) mass is 329 g/mol. The highest BCUT2D eigenvalue weighted by Gasteiger charge is 2.22. The van der Waals surface area contributed by atoms with Crippen LogP contribution in [0.5, 0.6) is 0 Å². The fourth-order valence-electron chi connectivity index (χ4n) is 3.98. The number of amides is 1. The highest BCUT2D eigenvalue weighted by Crippen LogP contribution is 2.29. The Bertz CT molecular complexity index is 546. The molecule has 1 saturated carbocycles. The molecule has 1 aromatic carbocycles. The van der Waals surface area contributed by atoms with Crippen molar-refractivity contribution in [2.75, 3.05) is 25.5 Å². The molecule has 0 spiro atoms. The van der Waals surface area contributed by atoms with Crippen LogP contribution in [0, 0.1) is 0 Å². The van der Waals surface area contributed by atoms with Crippen molar-refractivity contribution in [2.45, 2.75) is 63.5 Å². The zero-order chi connectivity index (χ0) is 16.9. The molecule has 0 aromatic heterocycles. The maximum Gasteiger partial charge on any atom is 0.241 e. The lowest BCUT2D eigenvalue weighted by Gasteiger charge is -2.29. The fraction of sp³-hybridized carbons (Fsp3) is 0.650. The van der Waals surface area contributed by atoms with E-state index in [-0.39, 0.29) is 11.9 Å². The van der Waals surface area contributed by atoms with Gasteiger partial charge in [-0.15, -0.1) is 0 Å². The molecule has 1 saturated heterocycles. The maximum absolute atomic E-state index is 12.5. The summed E-state index contributed by atoms with van der Waals surface area (Å²) in [4.78, 5) is 14.8. The van der Waals surface area contributed by atoms with Gasteiger partial charge in [0, 0.05) is 11.7 Å². The molecule has 3 rings (SSSR count). The molecule has 1 aromatic rings. The molecule has 24 heavy (non-hydrogen) atoms. The van der Waals surface area contributed by atoms with Crippen molar-refractivity contribution in [2.24, 2.45) is 0 Å². The van der Waals surface area contributed by atoms with Crippen molar-refractivity contribution in [1.82, 2.24) is 10.2 Å². The van der Waals surface area contributed by atoms with Gasteiger partial charge in [-0.1, -0.05) is 25.0 Å². The number of nitrogens with zero attached hydrogens (tertiary/aromatic N) is 1. The lowest BCUT2D eigenvalue weighted by atomic mass is 9.89. The van der Waals surface area contributed by atoms with E-state index in [4.69, 9.17) is 0 Å². The molecule has 0 bridgehead atoms. The van der Waals surface area contributed by atoms with Gasteiger partial charge in [0.15, 0.2) is 0 Å². The van der Waals surface area contributed by atoms with E-state index in [1.54, 1.807) is 0 Å². The molecule has 2 aliphatic rings. The zero-order valence-electron chi connectivity index (χ0n) is 15.1. The summed E-state index contributed by atoms with van der Waals surface area (Å²) in [5.74, 6) is 0.689. The minimum absolute atomic E-state index is 0.0717. The third-order valence-electron chi connectivity index (χ3n) is 5.58. The first-order valence-electron chi connectivity index (χ1n) is 9.47. The molecule has 1 heterocycles. The summed E-state index contributed by atoms with van der Waals surface area (Å²) < 4.78 is 0. The number of likely N-dealkylation sites (tertiary alicyclic amines) is 1. The van der Waals surface area contributed by atoms with Gasteiger partial charge in [0.2, 0.25) is 5.91 Å². The molecule has 1 unspecified atom stereocenters. The fourth-order valence-corrected chi connectivity index (χ4v) is 3.98. The van der Waals surface area contributed by atoms with Crippen molar-refractivity contribution in [3.8, 4) is 0 Å². The van der Waals surface area contributed by atoms with Crippen LogP contribution >= 0.6 is 0 Å². The van der Waals surface area contributed by atoms with Crippen LogP contribution in [0.25, 0.3) is 0 Å². The summed E-state index contributed by atoms with van der Waals surface area (Å²) in [7, 11) is 2.19. The van der Waals surface area contributed by atoms with E-state index in [9.17, 15) is 4.79 Å².